The number of alkyl carbamates (subject to hydrolysis) is 2. The number of ether oxygens (including phenoxy) is 5. The van der Waals surface area contributed by atoms with Gasteiger partial charge >= 0.3 is 24.3 Å². The van der Waals surface area contributed by atoms with Crippen LogP contribution in [0.3, 0.4) is 0 Å². The third-order valence-electron chi connectivity index (χ3n) is 9.80. The second kappa shape index (κ2) is 23.8. The molecule has 1 aromatic heterocycles. The third-order valence-corrected chi connectivity index (χ3v) is 9.80. The summed E-state index contributed by atoms with van der Waals surface area (Å²) in [5.41, 5.74) is 10.2. The SMILES string of the molecule is COC(=O)N[C@H](C(=O)N[C@@H](Cc1ccccc1)[C@H](CN(Cc1ccc(-c2ccccn2)cc1)NC(=O)[C@@H](NC(=O)OC)C(C)(C)C)OC(=O)OCOC(=O)[C@@H](N)C(C)C)C(C)(C)C. The minimum absolute atomic E-state index is 0.0173. The van der Waals surface area contributed by atoms with Crippen LogP contribution in [-0.4, -0.2) is 104 Å². The third kappa shape index (κ3) is 16.8. The molecule has 4 amide bonds. The molecule has 5 atom stereocenters. The molecule has 0 aliphatic rings. The van der Waals surface area contributed by atoms with E-state index < -0.39 is 84.0 Å². The normalized spacial score (nSPS) is 13.9. The molecule has 0 unspecified atom stereocenters. The van der Waals surface area contributed by atoms with Crippen molar-refractivity contribution in [1.29, 1.82) is 0 Å². The van der Waals surface area contributed by atoms with Gasteiger partial charge in [0.15, 0.2) is 0 Å². The van der Waals surface area contributed by atoms with E-state index in [0.29, 0.717) is 5.56 Å². The molecule has 3 aromatic rings. The van der Waals surface area contributed by atoms with E-state index in [1.165, 1.54) is 19.2 Å². The minimum Gasteiger partial charge on any atom is -0.453 e. The summed E-state index contributed by atoms with van der Waals surface area (Å²) in [6.45, 7) is 12.9. The molecule has 18 nitrogen and oxygen atoms in total. The molecule has 344 valence electrons. The van der Waals surface area contributed by atoms with Crippen LogP contribution in [0.4, 0.5) is 14.4 Å². The van der Waals surface area contributed by atoms with E-state index in [4.69, 9.17) is 29.4 Å². The number of nitrogens with two attached hydrogens (primary N) is 1. The van der Waals surface area contributed by atoms with Crippen LogP contribution in [0, 0.1) is 16.7 Å². The first-order valence-corrected chi connectivity index (χ1v) is 20.5. The van der Waals surface area contributed by atoms with E-state index >= 15 is 0 Å². The van der Waals surface area contributed by atoms with Crippen LogP contribution in [0.5, 0.6) is 0 Å². The Bertz CT molecular complexity index is 1950. The molecular formula is C45H63N7O11. The number of rotatable bonds is 19. The number of hydrogen-bond acceptors (Lipinski definition) is 14. The van der Waals surface area contributed by atoms with Crippen LogP contribution >= 0.6 is 0 Å². The van der Waals surface area contributed by atoms with Crippen LogP contribution in [0.25, 0.3) is 11.3 Å². The van der Waals surface area contributed by atoms with Crippen molar-refractivity contribution in [3.05, 3.63) is 90.1 Å². The average molecular weight is 878 g/mol. The molecule has 1 heterocycles. The Morgan fingerprint density at radius 1 is 0.714 bits per heavy atom. The zero-order valence-corrected chi connectivity index (χ0v) is 37.8. The zero-order valence-electron chi connectivity index (χ0n) is 37.8. The Morgan fingerprint density at radius 3 is 1.81 bits per heavy atom. The maximum atomic E-state index is 14.3. The van der Waals surface area contributed by atoms with E-state index in [2.05, 4.69) is 26.4 Å². The van der Waals surface area contributed by atoms with E-state index in [-0.39, 0.29) is 25.4 Å². The van der Waals surface area contributed by atoms with Crippen LogP contribution in [-0.2, 0) is 51.0 Å². The summed E-state index contributed by atoms with van der Waals surface area (Å²) in [5.74, 6) is -2.32. The van der Waals surface area contributed by atoms with Crippen molar-refractivity contribution in [1.82, 2.24) is 31.4 Å². The molecule has 0 aliphatic heterocycles. The fourth-order valence-corrected chi connectivity index (χ4v) is 6.14. The lowest BCUT2D eigenvalue weighted by molar-refractivity contribution is -0.156. The predicted octanol–water partition coefficient (Wildman–Crippen LogP) is 4.86. The summed E-state index contributed by atoms with van der Waals surface area (Å²) in [7, 11) is 2.36. The Hall–Kier alpha value is -6.27. The van der Waals surface area contributed by atoms with Crippen molar-refractivity contribution in [3.8, 4) is 11.3 Å². The predicted molar refractivity (Wildman–Crippen MR) is 233 cm³/mol. The molecule has 18 heteroatoms. The van der Waals surface area contributed by atoms with Gasteiger partial charge in [-0.25, -0.2) is 19.4 Å². The van der Waals surface area contributed by atoms with Gasteiger partial charge in [0.25, 0.3) is 5.91 Å². The number of pyridine rings is 1. The Morgan fingerprint density at radius 2 is 1.29 bits per heavy atom. The molecule has 0 radical (unpaired) electrons. The lowest BCUT2D eigenvalue weighted by Gasteiger charge is -2.36. The van der Waals surface area contributed by atoms with Gasteiger partial charge in [0.05, 0.1) is 32.5 Å². The van der Waals surface area contributed by atoms with Gasteiger partial charge in [0.2, 0.25) is 12.7 Å². The quantitative estimate of drug-likeness (QED) is 0.0468. The van der Waals surface area contributed by atoms with Crippen LogP contribution in [0.15, 0.2) is 79.0 Å². The number of hydrazine groups is 1. The van der Waals surface area contributed by atoms with Crippen molar-refractivity contribution in [2.24, 2.45) is 22.5 Å². The second-order valence-corrected chi connectivity index (χ2v) is 17.3. The number of esters is 1. The number of nitrogens with one attached hydrogen (secondary N) is 4. The van der Waals surface area contributed by atoms with E-state index in [0.717, 1.165) is 16.8 Å². The van der Waals surface area contributed by atoms with E-state index in [1.54, 1.807) is 73.7 Å². The van der Waals surface area contributed by atoms with Crippen LogP contribution in [0.2, 0.25) is 0 Å². The van der Waals surface area contributed by atoms with Gasteiger partial charge in [0, 0.05) is 18.3 Å². The Labute approximate surface area is 369 Å². The van der Waals surface area contributed by atoms with Gasteiger partial charge in [0.1, 0.15) is 24.2 Å². The number of benzene rings is 2. The Kier molecular flexibility index (Phi) is 19.3. The molecule has 0 saturated heterocycles. The topological polar surface area (TPSA) is 239 Å². The highest BCUT2D eigenvalue weighted by Gasteiger charge is 2.39. The molecule has 2 aromatic carbocycles. The molecule has 3 rings (SSSR count). The van der Waals surface area contributed by atoms with Crippen LogP contribution in [0.1, 0.15) is 66.5 Å². The van der Waals surface area contributed by atoms with Gasteiger partial charge in [-0.15, -0.1) is 0 Å². The molecule has 0 bridgehead atoms. The fraction of sp³-hybridized carbons (Fsp3) is 0.489. The summed E-state index contributed by atoms with van der Waals surface area (Å²) in [6.07, 6.45) is -2.52. The second-order valence-electron chi connectivity index (χ2n) is 17.3. The van der Waals surface area contributed by atoms with Gasteiger partial charge in [-0.3, -0.25) is 24.8 Å². The number of carbonyl (C=O) groups is 6. The maximum absolute atomic E-state index is 14.3. The highest BCUT2D eigenvalue weighted by atomic mass is 16.8. The van der Waals surface area contributed by atoms with Gasteiger partial charge < -0.3 is 45.4 Å². The van der Waals surface area contributed by atoms with Crippen molar-refractivity contribution in [2.75, 3.05) is 27.6 Å². The number of aromatic nitrogens is 1. The Balaban J connectivity index is 2.14. The lowest BCUT2D eigenvalue weighted by Crippen LogP contribution is -2.61. The smallest absolute Gasteiger partial charge is 0.453 e. The van der Waals surface area contributed by atoms with Crippen molar-refractivity contribution >= 4 is 36.1 Å². The van der Waals surface area contributed by atoms with Gasteiger partial charge in [-0.1, -0.05) is 116 Å². The highest BCUT2D eigenvalue weighted by Crippen LogP contribution is 2.23. The number of carbonyl (C=O) groups excluding carboxylic acids is 6. The van der Waals surface area contributed by atoms with E-state index in [1.807, 2.05) is 60.7 Å². The molecule has 0 aliphatic carbocycles. The standard InChI is InChI=1S/C45H63N7O11/c1-28(2)35(46)40(55)61-27-62-43(58)63-34(33(24-29-16-12-11-13-17-29)48-38(53)36(44(3,4)5)49-41(56)59-9)26-52(51-39(54)37(45(6,7)8)50-42(57)60-10)25-30-19-21-31(22-20-30)32-18-14-15-23-47-32/h11-23,28,33-37H,24-27,46H2,1-10H3,(H,48,53)(H,49,56)(H,50,57)(H,51,54)/t33-,34-,35-,36+,37+/m0/s1. The minimum atomic E-state index is -1.33. The number of amides is 4. The summed E-state index contributed by atoms with van der Waals surface area (Å²) in [4.78, 5) is 83.8. The monoisotopic (exact) mass is 877 g/mol. The largest absolute Gasteiger partial charge is 0.511 e. The molecule has 0 spiro atoms. The first kappa shape index (κ1) is 51.1. The number of methoxy groups -OCH3 is 2. The summed E-state index contributed by atoms with van der Waals surface area (Å²) in [6, 6.07) is 17.7. The van der Waals surface area contributed by atoms with Gasteiger partial charge in [-0.2, -0.15) is 0 Å². The summed E-state index contributed by atoms with van der Waals surface area (Å²) < 4.78 is 25.9. The summed E-state index contributed by atoms with van der Waals surface area (Å²) >= 11 is 0. The molecular weight excluding hydrogens is 815 g/mol. The average Bonchev–Trinajstić information content (AvgIpc) is 3.23. The maximum Gasteiger partial charge on any atom is 0.511 e. The fourth-order valence-electron chi connectivity index (χ4n) is 6.14. The molecule has 63 heavy (non-hydrogen) atoms. The van der Waals surface area contributed by atoms with Crippen molar-refractivity contribution in [2.45, 2.75) is 98.6 Å². The highest BCUT2D eigenvalue weighted by molar-refractivity contribution is 5.87. The van der Waals surface area contributed by atoms with Crippen molar-refractivity contribution in [3.63, 3.8) is 0 Å². The molecule has 6 N–H and O–H groups in total. The van der Waals surface area contributed by atoms with Gasteiger partial charge in [-0.05, 0) is 46.4 Å². The molecule has 0 fully saturated rings. The molecule has 0 saturated carbocycles. The number of hydrogen-bond donors (Lipinski definition) is 5. The van der Waals surface area contributed by atoms with Crippen LogP contribution < -0.4 is 27.1 Å². The van der Waals surface area contributed by atoms with E-state index in [9.17, 15) is 28.8 Å². The zero-order chi connectivity index (χ0) is 46.9. The summed E-state index contributed by atoms with van der Waals surface area (Å²) in [5, 5.41) is 9.64. The first-order chi connectivity index (χ1) is 29.6. The first-order valence-electron chi connectivity index (χ1n) is 20.5. The number of nitrogens with zero attached hydrogens (tertiary/aromatic N) is 2. The lowest BCUT2D eigenvalue weighted by atomic mass is 9.85. The van der Waals surface area contributed by atoms with Crippen molar-refractivity contribution < 1.29 is 52.5 Å².